The van der Waals surface area contributed by atoms with E-state index in [0.717, 1.165) is 17.0 Å². The number of hydrogen-bond acceptors (Lipinski definition) is 2. The molecule has 3 aromatic rings. The molecule has 0 spiro atoms. The summed E-state index contributed by atoms with van der Waals surface area (Å²) in [4.78, 5) is 13.5. The van der Waals surface area contributed by atoms with E-state index in [9.17, 15) is 4.79 Å². The molecule has 1 N–H and O–H groups in total. The van der Waals surface area contributed by atoms with Gasteiger partial charge in [0.1, 0.15) is 5.75 Å². The largest absolute Gasteiger partial charge is 0.494 e. The minimum Gasteiger partial charge on any atom is -0.494 e. The van der Waals surface area contributed by atoms with Crippen molar-refractivity contribution in [3.63, 3.8) is 0 Å². The lowest BCUT2D eigenvalue weighted by molar-refractivity contribution is -0.121. The van der Waals surface area contributed by atoms with E-state index in [1.807, 2.05) is 67.6 Å². The first-order chi connectivity index (χ1) is 13.6. The second-order valence-electron chi connectivity index (χ2n) is 7.12. The van der Waals surface area contributed by atoms with Crippen LogP contribution in [0.4, 0.5) is 5.69 Å². The van der Waals surface area contributed by atoms with E-state index in [1.165, 1.54) is 11.1 Å². The Morgan fingerprint density at radius 3 is 2.14 bits per heavy atom. The average Bonchev–Trinajstić information content (AvgIpc) is 3.11. The van der Waals surface area contributed by atoms with Crippen molar-refractivity contribution in [3.8, 4) is 5.75 Å². The highest BCUT2D eigenvalue weighted by molar-refractivity contribution is 6.30. The number of fused-ring (bicyclic) bond motifs is 1. The molecule has 4 rings (SSSR count). The molecule has 0 fully saturated rings. The SMILES string of the molecule is CCOc1ccc(NC(=O)C2(c3ccc(Cl)cc3)Cc3ccccc3C2)cc1. The standard InChI is InChI=1S/C24H22ClNO2/c1-2-28-22-13-11-21(12-14-22)26-23(27)24(19-7-9-20(25)10-8-19)15-17-5-3-4-6-18(17)16-24/h3-14H,2,15-16H2,1H3,(H,26,27). The van der Waals surface area contributed by atoms with Gasteiger partial charge in [0.25, 0.3) is 0 Å². The van der Waals surface area contributed by atoms with Crippen LogP contribution in [0.25, 0.3) is 0 Å². The molecule has 1 amide bonds. The lowest BCUT2D eigenvalue weighted by Gasteiger charge is -2.28. The molecule has 0 saturated heterocycles. The van der Waals surface area contributed by atoms with Crippen molar-refractivity contribution >= 4 is 23.2 Å². The Hall–Kier alpha value is -2.78. The number of rotatable bonds is 5. The van der Waals surface area contributed by atoms with Gasteiger partial charge in [0.2, 0.25) is 5.91 Å². The number of ether oxygens (including phenoxy) is 1. The minimum atomic E-state index is -0.646. The Morgan fingerprint density at radius 1 is 0.964 bits per heavy atom. The molecular formula is C24H22ClNO2. The molecule has 1 aliphatic rings. The van der Waals surface area contributed by atoms with Crippen molar-refractivity contribution in [2.24, 2.45) is 0 Å². The molecule has 3 aromatic carbocycles. The zero-order valence-electron chi connectivity index (χ0n) is 15.7. The van der Waals surface area contributed by atoms with E-state index >= 15 is 0 Å². The Bertz CT molecular complexity index is 955. The van der Waals surface area contributed by atoms with E-state index in [1.54, 1.807) is 0 Å². The molecule has 0 unspecified atom stereocenters. The van der Waals surface area contributed by atoms with Gasteiger partial charge in [0.15, 0.2) is 0 Å². The highest BCUT2D eigenvalue weighted by Gasteiger charge is 2.45. The third-order valence-corrected chi connectivity index (χ3v) is 5.61. The molecule has 0 saturated carbocycles. The van der Waals surface area contributed by atoms with Crippen LogP contribution in [-0.4, -0.2) is 12.5 Å². The quantitative estimate of drug-likeness (QED) is 0.631. The smallest absolute Gasteiger partial charge is 0.235 e. The third kappa shape index (κ3) is 3.50. The van der Waals surface area contributed by atoms with Crippen LogP contribution in [0.15, 0.2) is 72.8 Å². The fourth-order valence-corrected chi connectivity index (χ4v) is 4.06. The van der Waals surface area contributed by atoms with Crippen LogP contribution < -0.4 is 10.1 Å². The van der Waals surface area contributed by atoms with E-state index in [2.05, 4.69) is 17.4 Å². The van der Waals surface area contributed by atoms with Gasteiger partial charge >= 0.3 is 0 Å². The van der Waals surface area contributed by atoms with Crippen LogP contribution in [0.2, 0.25) is 5.02 Å². The first kappa shape index (κ1) is 18.6. The first-order valence-electron chi connectivity index (χ1n) is 9.48. The van der Waals surface area contributed by atoms with Crippen molar-refractivity contribution in [2.75, 3.05) is 11.9 Å². The molecule has 0 bridgehead atoms. The second-order valence-corrected chi connectivity index (χ2v) is 7.56. The average molecular weight is 392 g/mol. The minimum absolute atomic E-state index is 0.00446. The number of benzene rings is 3. The summed E-state index contributed by atoms with van der Waals surface area (Å²) in [5, 5.41) is 3.78. The van der Waals surface area contributed by atoms with Gasteiger partial charge in [-0.05, 0) is 72.9 Å². The number of nitrogens with one attached hydrogen (secondary N) is 1. The maximum Gasteiger partial charge on any atom is 0.235 e. The van der Waals surface area contributed by atoms with E-state index in [-0.39, 0.29) is 5.91 Å². The van der Waals surface area contributed by atoms with E-state index in [4.69, 9.17) is 16.3 Å². The summed E-state index contributed by atoms with van der Waals surface area (Å²) < 4.78 is 5.48. The van der Waals surface area contributed by atoms with Gasteiger partial charge in [0.05, 0.1) is 12.0 Å². The van der Waals surface area contributed by atoms with Gasteiger partial charge in [-0.25, -0.2) is 0 Å². The van der Waals surface area contributed by atoms with Crippen LogP contribution >= 0.6 is 11.6 Å². The highest BCUT2D eigenvalue weighted by atomic mass is 35.5. The van der Waals surface area contributed by atoms with Gasteiger partial charge in [-0.15, -0.1) is 0 Å². The molecule has 1 aliphatic carbocycles. The lowest BCUT2D eigenvalue weighted by Crippen LogP contribution is -2.41. The molecule has 0 radical (unpaired) electrons. The monoisotopic (exact) mass is 391 g/mol. The number of halogens is 1. The fraction of sp³-hybridized carbons (Fsp3) is 0.208. The maximum absolute atomic E-state index is 13.5. The maximum atomic E-state index is 13.5. The van der Waals surface area contributed by atoms with Gasteiger partial charge in [-0.3, -0.25) is 4.79 Å². The zero-order valence-corrected chi connectivity index (χ0v) is 16.5. The molecule has 142 valence electrons. The van der Waals surface area contributed by atoms with E-state index in [0.29, 0.717) is 24.5 Å². The Balaban J connectivity index is 1.66. The highest BCUT2D eigenvalue weighted by Crippen LogP contribution is 2.41. The normalized spacial score (nSPS) is 14.4. The number of hydrogen-bond donors (Lipinski definition) is 1. The molecule has 4 heteroatoms. The lowest BCUT2D eigenvalue weighted by atomic mass is 9.76. The third-order valence-electron chi connectivity index (χ3n) is 5.36. The number of amides is 1. The van der Waals surface area contributed by atoms with Crippen molar-refractivity contribution in [3.05, 3.63) is 94.5 Å². The molecule has 0 heterocycles. The summed E-state index contributed by atoms with van der Waals surface area (Å²) in [5.74, 6) is 0.788. The summed E-state index contributed by atoms with van der Waals surface area (Å²) >= 11 is 6.09. The molecule has 0 aliphatic heterocycles. The first-order valence-corrected chi connectivity index (χ1v) is 9.86. The summed E-state index contributed by atoms with van der Waals surface area (Å²) in [6.45, 7) is 2.56. The zero-order chi connectivity index (χ0) is 19.6. The van der Waals surface area contributed by atoms with Crippen LogP contribution in [0.1, 0.15) is 23.6 Å². The van der Waals surface area contributed by atoms with Crippen molar-refractivity contribution in [1.82, 2.24) is 0 Å². The summed E-state index contributed by atoms with van der Waals surface area (Å²) in [5.41, 5.74) is 3.54. The van der Waals surface area contributed by atoms with Gasteiger partial charge < -0.3 is 10.1 Å². The molecule has 0 atom stereocenters. The van der Waals surface area contributed by atoms with Crippen LogP contribution in [0.3, 0.4) is 0 Å². The van der Waals surface area contributed by atoms with Crippen LogP contribution in [0, 0.1) is 0 Å². The number of carbonyl (C=O) groups excluding carboxylic acids is 1. The molecule has 0 aromatic heterocycles. The van der Waals surface area contributed by atoms with Crippen LogP contribution in [-0.2, 0) is 23.1 Å². The molecular weight excluding hydrogens is 370 g/mol. The molecule has 3 nitrogen and oxygen atoms in total. The summed E-state index contributed by atoms with van der Waals surface area (Å²) in [6, 6.07) is 23.4. The number of carbonyl (C=O) groups is 1. The Kier molecular flexibility index (Phi) is 5.10. The van der Waals surface area contributed by atoms with Gasteiger partial charge in [-0.2, -0.15) is 0 Å². The van der Waals surface area contributed by atoms with Gasteiger partial charge in [0, 0.05) is 10.7 Å². The summed E-state index contributed by atoms with van der Waals surface area (Å²) in [7, 11) is 0. The van der Waals surface area contributed by atoms with Crippen LogP contribution in [0.5, 0.6) is 5.75 Å². The van der Waals surface area contributed by atoms with Crippen molar-refractivity contribution in [2.45, 2.75) is 25.2 Å². The molecule has 28 heavy (non-hydrogen) atoms. The van der Waals surface area contributed by atoms with E-state index < -0.39 is 5.41 Å². The predicted octanol–water partition coefficient (Wildman–Crippen LogP) is 5.41. The Labute approximate surface area is 170 Å². The van der Waals surface area contributed by atoms with Gasteiger partial charge in [-0.1, -0.05) is 48.0 Å². The predicted molar refractivity (Wildman–Crippen MR) is 113 cm³/mol. The van der Waals surface area contributed by atoms with Crippen molar-refractivity contribution in [1.29, 1.82) is 0 Å². The number of anilines is 1. The van der Waals surface area contributed by atoms with Crippen molar-refractivity contribution < 1.29 is 9.53 Å². The fourth-order valence-electron chi connectivity index (χ4n) is 3.93. The topological polar surface area (TPSA) is 38.3 Å². The Morgan fingerprint density at radius 2 is 1.57 bits per heavy atom. The second kappa shape index (κ2) is 7.69. The summed E-state index contributed by atoms with van der Waals surface area (Å²) in [6.07, 6.45) is 1.35.